The van der Waals surface area contributed by atoms with Crippen molar-refractivity contribution in [3.63, 3.8) is 0 Å². The number of hydrogen-bond donors (Lipinski definition) is 0. The van der Waals surface area contributed by atoms with Crippen LogP contribution >= 0.6 is 0 Å². The minimum absolute atomic E-state index is 0.816. The van der Waals surface area contributed by atoms with E-state index in [0.29, 0.717) is 0 Å². The van der Waals surface area contributed by atoms with Gasteiger partial charge >= 0.3 is 0 Å². The van der Waals surface area contributed by atoms with Crippen LogP contribution in [0.25, 0.3) is 11.1 Å². The zero-order chi connectivity index (χ0) is 12.4. The molecule has 0 saturated heterocycles. The molecule has 0 N–H and O–H groups in total. The van der Waals surface area contributed by atoms with Gasteiger partial charge < -0.3 is 4.42 Å². The van der Waals surface area contributed by atoms with E-state index in [0.717, 1.165) is 29.8 Å². The fraction of sp³-hybridized carbons (Fsp3) is 0.188. The summed E-state index contributed by atoms with van der Waals surface area (Å²) in [5.74, 6) is 0.816. The first-order chi connectivity index (χ1) is 8.81. The summed E-state index contributed by atoms with van der Waals surface area (Å²) >= 11 is 0. The van der Waals surface area contributed by atoms with Crippen LogP contribution in [0.5, 0.6) is 0 Å². The SMILES string of the molecule is Cc1ccc(CCc2nc3ccccc3o2)cc1. The summed E-state index contributed by atoms with van der Waals surface area (Å²) in [6, 6.07) is 16.5. The Bertz CT molecular complexity index is 619. The van der Waals surface area contributed by atoms with E-state index >= 15 is 0 Å². The van der Waals surface area contributed by atoms with E-state index in [1.165, 1.54) is 11.1 Å². The Labute approximate surface area is 106 Å². The summed E-state index contributed by atoms with van der Waals surface area (Å²) in [6.07, 6.45) is 1.81. The van der Waals surface area contributed by atoms with E-state index in [-0.39, 0.29) is 0 Å². The Hall–Kier alpha value is -2.09. The number of nitrogens with zero attached hydrogens (tertiary/aromatic N) is 1. The molecule has 0 fully saturated rings. The largest absolute Gasteiger partial charge is 0.441 e. The van der Waals surface area contributed by atoms with Crippen LogP contribution in [0.15, 0.2) is 52.9 Å². The monoisotopic (exact) mass is 237 g/mol. The van der Waals surface area contributed by atoms with Gasteiger partial charge in [-0.3, -0.25) is 0 Å². The van der Waals surface area contributed by atoms with Gasteiger partial charge in [-0.25, -0.2) is 4.98 Å². The second-order valence-electron chi connectivity index (χ2n) is 4.56. The van der Waals surface area contributed by atoms with Crippen LogP contribution in [0, 0.1) is 6.92 Å². The fourth-order valence-electron chi connectivity index (χ4n) is 2.03. The maximum absolute atomic E-state index is 5.70. The molecule has 2 nitrogen and oxygen atoms in total. The van der Waals surface area contributed by atoms with E-state index in [9.17, 15) is 0 Å². The van der Waals surface area contributed by atoms with Crippen molar-refractivity contribution in [2.24, 2.45) is 0 Å². The molecule has 3 rings (SSSR count). The maximum atomic E-state index is 5.70. The lowest BCUT2D eigenvalue weighted by molar-refractivity contribution is 0.528. The summed E-state index contributed by atoms with van der Waals surface area (Å²) in [5.41, 5.74) is 4.43. The van der Waals surface area contributed by atoms with Crippen molar-refractivity contribution in [3.8, 4) is 0 Å². The van der Waals surface area contributed by atoms with Crippen molar-refractivity contribution in [1.82, 2.24) is 4.98 Å². The molecule has 90 valence electrons. The molecule has 0 atom stereocenters. The number of benzene rings is 2. The molecule has 0 amide bonds. The Morgan fingerprint density at radius 3 is 2.50 bits per heavy atom. The van der Waals surface area contributed by atoms with E-state index in [4.69, 9.17) is 4.42 Å². The molecule has 0 spiro atoms. The smallest absolute Gasteiger partial charge is 0.195 e. The van der Waals surface area contributed by atoms with Gasteiger partial charge in [0.2, 0.25) is 0 Å². The molecule has 18 heavy (non-hydrogen) atoms. The number of rotatable bonds is 3. The van der Waals surface area contributed by atoms with Gasteiger partial charge in [0.05, 0.1) is 0 Å². The number of oxazole rings is 1. The first kappa shape index (κ1) is 11.0. The van der Waals surface area contributed by atoms with Crippen molar-refractivity contribution in [3.05, 3.63) is 65.5 Å². The third-order valence-electron chi connectivity index (χ3n) is 3.09. The van der Waals surface area contributed by atoms with Crippen LogP contribution in [0.2, 0.25) is 0 Å². The maximum Gasteiger partial charge on any atom is 0.195 e. The van der Waals surface area contributed by atoms with Crippen molar-refractivity contribution < 1.29 is 4.42 Å². The van der Waals surface area contributed by atoms with Gasteiger partial charge in [-0.2, -0.15) is 0 Å². The fourth-order valence-corrected chi connectivity index (χ4v) is 2.03. The number of hydrogen-bond acceptors (Lipinski definition) is 2. The topological polar surface area (TPSA) is 26.0 Å². The van der Waals surface area contributed by atoms with Crippen LogP contribution in [-0.2, 0) is 12.8 Å². The van der Waals surface area contributed by atoms with Gasteiger partial charge in [-0.15, -0.1) is 0 Å². The Morgan fingerprint density at radius 1 is 0.944 bits per heavy atom. The molecule has 0 aliphatic heterocycles. The second kappa shape index (κ2) is 4.65. The molecule has 2 heteroatoms. The highest BCUT2D eigenvalue weighted by Crippen LogP contribution is 2.16. The first-order valence-corrected chi connectivity index (χ1v) is 6.21. The predicted molar refractivity (Wildman–Crippen MR) is 72.6 cm³/mol. The van der Waals surface area contributed by atoms with Crippen molar-refractivity contribution in [2.75, 3.05) is 0 Å². The number of aryl methyl sites for hydroxylation is 3. The standard InChI is InChI=1S/C16H15NO/c1-12-6-8-13(9-7-12)10-11-16-17-14-4-2-3-5-15(14)18-16/h2-9H,10-11H2,1H3. The summed E-state index contributed by atoms with van der Waals surface area (Å²) in [6.45, 7) is 2.10. The minimum atomic E-state index is 0.816. The summed E-state index contributed by atoms with van der Waals surface area (Å²) < 4.78 is 5.70. The molecule has 0 aliphatic carbocycles. The molecule has 0 aliphatic rings. The Morgan fingerprint density at radius 2 is 1.72 bits per heavy atom. The quantitative estimate of drug-likeness (QED) is 0.690. The zero-order valence-electron chi connectivity index (χ0n) is 10.4. The average molecular weight is 237 g/mol. The van der Waals surface area contributed by atoms with E-state index in [1.807, 2.05) is 24.3 Å². The van der Waals surface area contributed by atoms with Crippen LogP contribution < -0.4 is 0 Å². The van der Waals surface area contributed by atoms with Gasteiger partial charge in [0.15, 0.2) is 11.5 Å². The second-order valence-corrected chi connectivity index (χ2v) is 4.56. The Balaban J connectivity index is 1.74. The highest BCUT2D eigenvalue weighted by Gasteiger charge is 2.04. The predicted octanol–water partition coefficient (Wildman–Crippen LogP) is 3.92. The van der Waals surface area contributed by atoms with Crippen LogP contribution in [-0.4, -0.2) is 4.98 Å². The molecule has 1 aromatic heterocycles. The number of para-hydroxylation sites is 2. The summed E-state index contributed by atoms with van der Waals surface area (Å²) in [7, 11) is 0. The lowest BCUT2D eigenvalue weighted by Gasteiger charge is -1.99. The molecule has 2 aromatic carbocycles. The molecular weight excluding hydrogens is 222 g/mol. The average Bonchev–Trinajstić information content (AvgIpc) is 2.81. The lowest BCUT2D eigenvalue weighted by atomic mass is 10.1. The minimum Gasteiger partial charge on any atom is -0.441 e. The van der Waals surface area contributed by atoms with Crippen molar-refractivity contribution in [2.45, 2.75) is 19.8 Å². The first-order valence-electron chi connectivity index (χ1n) is 6.21. The molecular formula is C16H15NO. The lowest BCUT2D eigenvalue weighted by Crippen LogP contribution is -1.91. The highest BCUT2D eigenvalue weighted by atomic mass is 16.3. The molecule has 0 radical (unpaired) electrons. The molecule has 3 aromatic rings. The summed E-state index contributed by atoms with van der Waals surface area (Å²) in [4.78, 5) is 4.48. The molecule has 0 unspecified atom stereocenters. The highest BCUT2D eigenvalue weighted by molar-refractivity contribution is 5.72. The van der Waals surface area contributed by atoms with Gasteiger partial charge in [0, 0.05) is 6.42 Å². The van der Waals surface area contributed by atoms with Gasteiger partial charge in [-0.1, -0.05) is 42.0 Å². The molecule has 0 saturated carbocycles. The summed E-state index contributed by atoms with van der Waals surface area (Å²) in [5, 5.41) is 0. The van der Waals surface area contributed by atoms with Gasteiger partial charge in [0.25, 0.3) is 0 Å². The molecule has 0 bridgehead atoms. The van der Waals surface area contributed by atoms with E-state index in [2.05, 4.69) is 36.2 Å². The van der Waals surface area contributed by atoms with E-state index in [1.54, 1.807) is 0 Å². The molecule has 1 heterocycles. The third-order valence-corrected chi connectivity index (χ3v) is 3.09. The van der Waals surface area contributed by atoms with Crippen LogP contribution in [0.1, 0.15) is 17.0 Å². The number of fused-ring (bicyclic) bond motifs is 1. The third kappa shape index (κ3) is 2.28. The zero-order valence-corrected chi connectivity index (χ0v) is 10.4. The van der Waals surface area contributed by atoms with Crippen molar-refractivity contribution >= 4 is 11.1 Å². The number of aromatic nitrogens is 1. The van der Waals surface area contributed by atoms with Gasteiger partial charge in [-0.05, 0) is 31.0 Å². The van der Waals surface area contributed by atoms with Crippen LogP contribution in [0.3, 0.4) is 0 Å². The van der Waals surface area contributed by atoms with E-state index < -0.39 is 0 Å². The normalized spacial score (nSPS) is 10.9. The van der Waals surface area contributed by atoms with Gasteiger partial charge in [0.1, 0.15) is 5.52 Å². The van der Waals surface area contributed by atoms with Crippen LogP contribution in [0.4, 0.5) is 0 Å². The van der Waals surface area contributed by atoms with Crippen molar-refractivity contribution in [1.29, 1.82) is 0 Å². The Kier molecular flexibility index (Phi) is 2.85.